The van der Waals surface area contributed by atoms with E-state index in [1.807, 2.05) is 73.1 Å². The molecule has 7 heteroatoms. The molecule has 4 aromatic rings. The van der Waals surface area contributed by atoms with Crippen LogP contribution >= 0.6 is 15.9 Å². The van der Waals surface area contributed by atoms with Gasteiger partial charge < -0.3 is 14.5 Å². The van der Waals surface area contributed by atoms with Crippen LogP contribution in [-0.2, 0) is 13.2 Å². The Morgan fingerprint density at radius 2 is 1.81 bits per heavy atom. The molecular formula is C24H22BrN3O3. The second-order valence-electron chi connectivity index (χ2n) is 7.09. The van der Waals surface area contributed by atoms with Gasteiger partial charge in [-0.1, -0.05) is 34.1 Å². The molecule has 1 amide bonds. The van der Waals surface area contributed by atoms with Crippen molar-refractivity contribution in [3.8, 4) is 11.4 Å². The molecule has 0 aliphatic rings. The number of furan rings is 1. The zero-order chi connectivity index (χ0) is 21.8. The average molecular weight is 480 g/mol. The molecule has 0 fully saturated rings. The number of hydrogen-bond acceptors (Lipinski definition) is 4. The molecule has 2 aromatic carbocycles. The Kier molecular flexibility index (Phi) is 6.23. The third-order valence-electron chi connectivity index (χ3n) is 4.95. The number of carbonyl (C=O) groups is 1. The highest BCUT2D eigenvalue weighted by atomic mass is 79.9. The normalized spacial score (nSPS) is 10.8. The smallest absolute Gasteiger partial charge is 0.287 e. The number of aromatic nitrogens is 2. The van der Waals surface area contributed by atoms with Gasteiger partial charge in [0.1, 0.15) is 18.1 Å². The molecule has 0 radical (unpaired) electrons. The standard InChI is InChI=1S/C24H22BrN3O3/c1-16-22(17(2)28(27-16)19-6-4-3-5-7-19)14-26-24(29)23-13-12-21(31-23)15-30-20-10-8-18(25)9-11-20/h3-13H,14-15H2,1-2H3,(H,26,29). The van der Waals surface area contributed by atoms with E-state index in [0.29, 0.717) is 12.3 Å². The number of nitrogens with zero attached hydrogens (tertiary/aromatic N) is 2. The van der Waals surface area contributed by atoms with Crippen molar-refractivity contribution in [1.82, 2.24) is 15.1 Å². The topological polar surface area (TPSA) is 69.3 Å². The van der Waals surface area contributed by atoms with Gasteiger partial charge in [-0.3, -0.25) is 4.79 Å². The second-order valence-corrected chi connectivity index (χ2v) is 8.00. The predicted octanol–water partition coefficient (Wildman–Crippen LogP) is 5.35. The van der Waals surface area contributed by atoms with E-state index in [2.05, 4.69) is 26.3 Å². The summed E-state index contributed by atoms with van der Waals surface area (Å²) in [5, 5.41) is 7.54. The van der Waals surface area contributed by atoms with Gasteiger partial charge in [0.2, 0.25) is 0 Å². The monoisotopic (exact) mass is 479 g/mol. The summed E-state index contributed by atoms with van der Waals surface area (Å²) in [4.78, 5) is 12.6. The first-order chi connectivity index (χ1) is 15.0. The number of amides is 1. The minimum absolute atomic E-state index is 0.247. The van der Waals surface area contributed by atoms with Crippen LogP contribution in [0.3, 0.4) is 0 Å². The maximum absolute atomic E-state index is 12.6. The van der Waals surface area contributed by atoms with Gasteiger partial charge in [0, 0.05) is 22.3 Å². The lowest BCUT2D eigenvalue weighted by Gasteiger charge is -2.06. The van der Waals surface area contributed by atoms with E-state index in [9.17, 15) is 4.79 Å². The molecule has 0 atom stereocenters. The van der Waals surface area contributed by atoms with Crippen LogP contribution in [-0.4, -0.2) is 15.7 Å². The van der Waals surface area contributed by atoms with Crippen molar-refractivity contribution in [3.05, 3.63) is 99.7 Å². The third kappa shape index (κ3) is 4.88. The minimum Gasteiger partial charge on any atom is -0.486 e. The van der Waals surface area contributed by atoms with Crippen molar-refractivity contribution in [2.75, 3.05) is 0 Å². The Labute approximate surface area is 189 Å². The molecule has 0 saturated carbocycles. The lowest BCUT2D eigenvalue weighted by Crippen LogP contribution is -2.23. The van der Waals surface area contributed by atoms with E-state index < -0.39 is 0 Å². The fourth-order valence-electron chi connectivity index (χ4n) is 3.27. The summed E-state index contributed by atoms with van der Waals surface area (Å²) in [6.45, 7) is 4.56. The first-order valence-corrected chi connectivity index (χ1v) is 10.7. The largest absolute Gasteiger partial charge is 0.486 e. The number of nitrogens with one attached hydrogen (secondary N) is 1. The fourth-order valence-corrected chi connectivity index (χ4v) is 3.53. The van der Waals surface area contributed by atoms with E-state index in [0.717, 1.165) is 32.9 Å². The Balaban J connectivity index is 1.37. The van der Waals surface area contributed by atoms with Gasteiger partial charge in [-0.15, -0.1) is 0 Å². The van der Waals surface area contributed by atoms with E-state index in [4.69, 9.17) is 9.15 Å². The maximum atomic E-state index is 12.6. The third-order valence-corrected chi connectivity index (χ3v) is 5.48. The molecule has 0 saturated heterocycles. The van der Waals surface area contributed by atoms with Gasteiger partial charge in [0.05, 0.1) is 11.4 Å². The summed E-state index contributed by atoms with van der Waals surface area (Å²) in [7, 11) is 0. The van der Waals surface area contributed by atoms with Gasteiger partial charge in [0.25, 0.3) is 5.91 Å². The summed E-state index contributed by atoms with van der Waals surface area (Å²) in [6.07, 6.45) is 0. The minimum atomic E-state index is -0.277. The molecule has 158 valence electrons. The summed E-state index contributed by atoms with van der Waals surface area (Å²) < 4.78 is 14.2. The van der Waals surface area contributed by atoms with Gasteiger partial charge in [-0.05, 0) is 62.4 Å². The SMILES string of the molecule is Cc1nn(-c2ccccc2)c(C)c1CNC(=O)c1ccc(COc2ccc(Br)cc2)o1. The highest BCUT2D eigenvalue weighted by Gasteiger charge is 2.16. The lowest BCUT2D eigenvalue weighted by atomic mass is 10.2. The van der Waals surface area contributed by atoms with Crippen LogP contribution in [0.4, 0.5) is 0 Å². The molecule has 0 bridgehead atoms. The first kappa shape index (κ1) is 20.9. The van der Waals surface area contributed by atoms with Crippen molar-refractivity contribution in [2.45, 2.75) is 27.0 Å². The van der Waals surface area contributed by atoms with E-state index >= 15 is 0 Å². The van der Waals surface area contributed by atoms with Crippen molar-refractivity contribution in [2.24, 2.45) is 0 Å². The number of rotatable bonds is 7. The molecule has 0 spiro atoms. The zero-order valence-corrected chi connectivity index (χ0v) is 18.8. The van der Waals surface area contributed by atoms with Crippen molar-refractivity contribution in [1.29, 1.82) is 0 Å². The van der Waals surface area contributed by atoms with Gasteiger partial charge in [-0.2, -0.15) is 5.10 Å². The van der Waals surface area contributed by atoms with Crippen LogP contribution in [0.15, 0.2) is 75.6 Å². The molecule has 2 aromatic heterocycles. The maximum Gasteiger partial charge on any atom is 0.287 e. The lowest BCUT2D eigenvalue weighted by molar-refractivity contribution is 0.0919. The van der Waals surface area contributed by atoms with Crippen LogP contribution < -0.4 is 10.1 Å². The van der Waals surface area contributed by atoms with Crippen molar-refractivity contribution in [3.63, 3.8) is 0 Å². The molecule has 2 heterocycles. The molecule has 4 rings (SSSR count). The van der Waals surface area contributed by atoms with Crippen LogP contribution in [0, 0.1) is 13.8 Å². The Morgan fingerprint density at radius 1 is 1.06 bits per heavy atom. The quantitative estimate of drug-likeness (QED) is 0.387. The molecular weight excluding hydrogens is 458 g/mol. The number of benzene rings is 2. The predicted molar refractivity (Wildman–Crippen MR) is 121 cm³/mol. The van der Waals surface area contributed by atoms with Gasteiger partial charge in [0.15, 0.2) is 5.76 Å². The Hall–Kier alpha value is -3.32. The van der Waals surface area contributed by atoms with Crippen molar-refractivity contribution < 1.29 is 13.9 Å². The number of ether oxygens (including phenoxy) is 1. The second kappa shape index (κ2) is 9.22. The van der Waals surface area contributed by atoms with Crippen LogP contribution in [0.25, 0.3) is 5.69 Å². The highest BCUT2D eigenvalue weighted by molar-refractivity contribution is 9.10. The summed E-state index contributed by atoms with van der Waals surface area (Å²) in [5.74, 6) is 1.28. The van der Waals surface area contributed by atoms with Crippen LogP contribution in [0.5, 0.6) is 5.75 Å². The molecule has 6 nitrogen and oxygen atoms in total. The summed E-state index contributed by atoms with van der Waals surface area (Å²) in [6, 6.07) is 20.9. The Morgan fingerprint density at radius 3 is 2.55 bits per heavy atom. The van der Waals surface area contributed by atoms with E-state index in [1.165, 1.54) is 0 Å². The number of hydrogen-bond donors (Lipinski definition) is 1. The number of halogens is 1. The molecule has 31 heavy (non-hydrogen) atoms. The van der Waals surface area contributed by atoms with Crippen LogP contribution in [0.2, 0.25) is 0 Å². The van der Waals surface area contributed by atoms with Gasteiger partial charge >= 0.3 is 0 Å². The summed E-state index contributed by atoms with van der Waals surface area (Å²) >= 11 is 3.39. The fraction of sp³-hybridized carbons (Fsp3) is 0.167. The van der Waals surface area contributed by atoms with E-state index in [1.54, 1.807) is 12.1 Å². The number of carbonyl (C=O) groups excluding carboxylic acids is 1. The van der Waals surface area contributed by atoms with Crippen molar-refractivity contribution >= 4 is 21.8 Å². The van der Waals surface area contributed by atoms with E-state index in [-0.39, 0.29) is 18.3 Å². The number of para-hydroxylation sites is 1. The highest BCUT2D eigenvalue weighted by Crippen LogP contribution is 2.19. The zero-order valence-electron chi connectivity index (χ0n) is 17.3. The summed E-state index contributed by atoms with van der Waals surface area (Å²) in [5.41, 5.74) is 3.85. The van der Waals surface area contributed by atoms with Gasteiger partial charge in [-0.25, -0.2) is 4.68 Å². The molecule has 0 aliphatic heterocycles. The molecule has 0 aliphatic carbocycles. The molecule has 1 N–H and O–H groups in total. The average Bonchev–Trinajstić information content (AvgIpc) is 3.37. The van der Waals surface area contributed by atoms with Crippen LogP contribution in [0.1, 0.15) is 33.3 Å². The Bertz CT molecular complexity index is 1180. The molecule has 0 unspecified atom stereocenters. The number of aryl methyl sites for hydroxylation is 1. The first-order valence-electron chi connectivity index (χ1n) is 9.87.